The van der Waals surface area contributed by atoms with E-state index >= 15 is 0 Å². The number of hydrogen-bond donors (Lipinski definition) is 1. The maximum atomic E-state index is 12.3. The SMILES string of the molecule is COC(=O)C(I)CNC(=O)C1(c2ccccc2)CC1. The monoisotopic (exact) mass is 373 g/mol. The molecular formula is C14H16INO3. The minimum absolute atomic E-state index is 0.00395. The molecule has 0 radical (unpaired) electrons. The van der Waals surface area contributed by atoms with E-state index in [0.29, 0.717) is 6.54 Å². The Hall–Kier alpha value is -1.11. The van der Waals surface area contributed by atoms with Crippen LogP contribution >= 0.6 is 22.6 Å². The summed E-state index contributed by atoms with van der Waals surface area (Å²) in [6, 6.07) is 9.79. The van der Waals surface area contributed by atoms with Crippen LogP contribution in [0, 0.1) is 0 Å². The van der Waals surface area contributed by atoms with Crippen molar-refractivity contribution in [3.63, 3.8) is 0 Å². The van der Waals surface area contributed by atoms with Crippen molar-refractivity contribution in [3.8, 4) is 0 Å². The summed E-state index contributed by atoms with van der Waals surface area (Å²) in [5.74, 6) is -0.310. The molecular weight excluding hydrogens is 357 g/mol. The van der Waals surface area contributed by atoms with Crippen LogP contribution in [0.25, 0.3) is 0 Å². The highest BCUT2D eigenvalue weighted by atomic mass is 127. The summed E-state index contributed by atoms with van der Waals surface area (Å²) in [5.41, 5.74) is 0.670. The molecule has 0 aromatic heterocycles. The van der Waals surface area contributed by atoms with Crippen molar-refractivity contribution < 1.29 is 14.3 Å². The van der Waals surface area contributed by atoms with Gasteiger partial charge in [0, 0.05) is 6.54 Å². The zero-order valence-corrected chi connectivity index (χ0v) is 12.8. The topological polar surface area (TPSA) is 55.4 Å². The second kappa shape index (κ2) is 5.90. The van der Waals surface area contributed by atoms with Gasteiger partial charge in [-0.3, -0.25) is 9.59 Å². The quantitative estimate of drug-likeness (QED) is 0.487. The zero-order chi connectivity index (χ0) is 13.9. The minimum atomic E-state index is -0.381. The number of amides is 1. The molecule has 1 amide bonds. The summed E-state index contributed by atoms with van der Waals surface area (Å²) in [7, 11) is 1.35. The number of alkyl halides is 1. The van der Waals surface area contributed by atoms with Gasteiger partial charge in [-0.25, -0.2) is 0 Å². The Morgan fingerprint density at radius 3 is 2.53 bits per heavy atom. The lowest BCUT2D eigenvalue weighted by molar-refractivity contribution is -0.139. The van der Waals surface area contributed by atoms with Crippen molar-refractivity contribution in [2.45, 2.75) is 22.2 Å². The first-order valence-corrected chi connectivity index (χ1v) is 7.40. The van der Waals surface area contributed by atoms with E-state index in [1.807, 2.05) is 52.9 Å². The Morgan fingerprint density at radius 2 is 2.00 bits per heavy atom. The molecule has 0 saturated heterocycles. The van der Waals surface area contributed by atoms with Gasteiger partial charge in [0.15, 0.2) is 0 Å². The molecule has 4 nitrogen and oxygen atoms in total. The van der Waals surface area contributed by atoms with E-state index in [2.05, 4.69) is 10.1 Å². The van der Waals surface area contributed by atoms with Crippen LogP contribution in [0.2, 0.25) is 0 Å². The number of esters is 1. The fourth-order valence-corrected chi connectivity index (χ4v) is 2.57. The number of carbonyl (C=O) groups excluding carboxylic acids is 2. The first-order chi connectivity index (χ1) is 9.10. The van der Waals surface area contributed by atoms with Crippen LogP contribution in [0.1, 0.15) is 18.4 Å². The number of hydrogen-bond acceptors (Lipinski definition) is 3. The van der Waals surface area contributed by atoms with Crippen molar-refractivity contribution in [1.82, 2.24) is 5.32 Å². The Morgan fingerprint density at radius 1 is 1.37 bits per heavy atom. The molecule has 0 bridgehead atoms. The third kappa shape index (κ3) is 3.08. The fraction of sp³-hybridized carbons (Fsp3) is 0.429. The first kappa shape index (κ1) is 14.3. The molecule has 1 saturated carbocycles. The second-order valence-electron chi connectivity index (χ2n) is 4.65. The highest BCUT2D eigenvalue weighted by molar-refractivity contribution is 14.1. The number of benzene rings is 1. The van der Waals surface area contributed by atoms with Crippen molar-refractivity contribution in [2.75, 3.05) is 13.7 Å². The van der Waals surface area contributed by atoms with E-state index < -0.39 is 0 Å². The third-order valence-corrected chi connectivity index (χ3v) is 4.36. The Kier molecular flexibility index (Phi) is 4.44. The van der Waals surface area contributed by atoms with Gasteiger partial charge in [-0.05, 0) is 18.4 Å². The number of nitrogens with one attached hydrogen (secondary N) is 1. The summed E-state index contributed by atoms with van der Waals surface area (Å²) < 4.78 is 4.28. The van der Waals surface area contributed by atoms with Gasteiger partial charge >= 0.3 is 5.97 Å². The summed E-state index contributed by atoms with van der Waals surface area (Å²) >= 11 is 1.97. The summed E-state index contributed by atoms with van der Waals surface area (Å²) in [5, 5.41) is 2.85. The van der Waals surface area contributed by atoms with Crippen molar-refractivity contribution in [3.05, 3.63) is 35.9 Å². The predicted molar refractivity (Wildman–Crippen MR) is 80.2 cm³/mol. The van der Waals surface area contributed by atoms with E-state index in [1.165, 1.54) is 7.11 Å². The van der Waals surface area contributed by atoms with Gasteiger partial charge in [0.1, 0.15) is 3.92 Å². The molecule has 1 unspecified atom stereocenters. The molecule has 1 aliphatic rings. The molecule has 0 heterocycles. The van der Waals surface area contributed by atoms with E-state index in [-0.39, 0.29) is 21.2 Å². The van der Waals surface area contributed by atoms with Crippen LogP contribution in [0.15, 0.2) is 30.3 Å². The maximum absolute atomic E-state index is 12.3. The van der Waals surface area contributed by atoms with Crippen LogP contribution in [0.5, 0.6) is 0 Å². The summed E-state index contributed by atoms with van der Waals surface area (Å²) in [6.07, 6.45) is 1.74. The Balaban J connectivity index is 1.96. The van der Waals surface area contributed by atoms with E-state index in [1.54, 1.807) is 0 Å². The summed E-state index contributed by atoms with van der Waals surface area (Å²) in [4.78, 5) is 23.6. The smallest absolute Gasteiger partial charge is 0.320 e. The predicted octanol–water partition coefficient (Wildman–Crippen LogP) is 1.81. The highest BCUT2D eigenvalue weighted by Gasteiger charge is 2.51. The molecule has 1 aromatic carbocycles. The van der Waals surface area contributed by atoms with Gasteiger partial charge in [-0.15, -0.1) is 0 Å². The highest BCUT2D eigenvalue weighted by Crippen LogP contribution is 2.48. The lowest BCUT2D eigenvalue weighted by atomic mass is 9.95. The molecule has 1 N–H and O–H groups in total. The Bertz CT molecular complexity index is 471. The molecule has 102 valence electrons. The van der Waals surface area contributed by atoms with Gasteiger partial charge in [0.2, 0.25) is 5.91 Å². The summed E-state index contributed by atoms with van der Waals surface area (Å²) in [6.45, 7) is 0.306. The Labute approximate surface area is 126 Å². The number of methoxy groups -OCH3 is 1. The average molecular weight is 373 g/mol. The molecule has 2 rings (SSSR count). The van der Waals surface area contributed by atoms with Crippen molar-refractivity contribution >= 4 is 34.5 Å². The molecule has 5 heteroatoms. The van der Waals surface area contributed by atoms with Gasteiger partial charge in [-0.1, -0.05) is 52.9 Å². The van der Waals surface area contributed by atoms with Gasteiger partial charge < -0.3 is 10.1 Å². The van der Waals surface area contributed by atoms with Crippen LogP contribution in [0.3, 0.4) is 0 Å². The molecule has 1 aromatic rings. The van der Waals surface area contributed by atoms with Crippen LogP contribution in [0.4, 0.5) is 0 Å². The van der Waals surface area contributed by atoms with Gasteiger partial charge in [0.25, 0.3) is 0 Å². The normalized spacial score (nSPS) is 17.4. The molecule has 19 heavy (non-hydrogen) atoms. The largest absolute Gasteiger partial charge is 0.468 e. The second-order valence-corrected chi connectivity index (χ2v) is 6.15. The molecule has 0 spiro atoms. The van der Waals surface area contributed by atoms with E-state index in [0.717, 1.165) is 18.4 Å². The standard InChI is InChI=1S/C14H16INO3/c1-19-12(17)11(15)9-16-13(18)14(7-8-14)10-5-3-2-4-6-10/h2-6,11H,7-9H2,1H3,(H,16,18). The third-order valence-electron chi connectivity index (χ3n) is 3.41. The first-order valence-electron chi connectivity index (χ1n) is 6.16. The van der Waals surface area contributed by atoms with E-state index in [9.17, 15) is 9.59 Å². The molecule has 1 aliphatic carbocycles. The fourth-order valence-electron chi connectivity index (χ4n) is 2.09. The number of halogens is 1. The molecule has 1 atom stereocenters. The average Bonchev–Trinajstić information content (AvgIpc) is 3.26. The zero-order valence-electron chi connectivity index (χ0n) is 10.7. The number of carbonyl (C=O) groups is 2. The lowest BCUT2D eigenvalue weighted by Gasteiger charge is -2.16. The number of rotatable bonds is 5. The van der Waals surface area contributed by atoms with Crippen LogP contribution in [-0.4, -0.2) is 29.5 Å². The molecule has 1 fully saturated rings. The van der Waals surface area contributed by atoms with Crippen LogP contribution in [-0.2, 0) is 19.7 Å². The van der Waals surface area contributed by atoms with Gasteiger partial charge in [-0.2, -0.15) is 0 Å². The number of ether oxygens (including phenoxy) is 1. The van der Waals surface area contributed by atoms with E-state index in [4.69, 9.17) is 0 Å². The lowest BCUT2D eigenvalue weighted by Crippen LogP contribution is -2.40. The maximum Gasteiger partial charge on any atom is 0.320 e. The van der Waals surface area contributed by atoms with Crippen LogP contribution < -0.4 is 5.32 Å². The molecule has 0 aliphatic heterocycles. The van der Waals surface area contributed by atoms with Gasteiger partial charge in [0.05, 0.1) is 12.5 Å². The minimum Gasteiger partial charge on any atom is -0.468 e. The van der Waals surface area contributed by atoms with Crippen molar-refractivity contribution in [2.24, 2.45) is 0 Å². The van der Waals surface area contributed by atoms with Crippen molar-refractivity contribution in [1.29, 1.82) is 0 Å².